The summed E-state index contributed by atoms with van der Waals surface area (Å²) >= 11 is 4.64. The van der Waals surface area contributed by atoms with Gasteiger partial charge in [-0.15, -0.1) is 0 Å². The van der Waals surface area contributed by atoms with E-state index in [9.17, 15) is 0 Å². The Labute approximate surface area is 93.4 Å². The Morgan fingerprint density at radius 3 is 3.00 bits per heavy atom. The molecular weight excluding hydrogens is 266 g/mol. The highest BCUT2D eigenvalue weighted by molar-refractivity contribution is 9.10. The molecule has 0 radical (unpaired) electrons. The summed E-state index contributed by atoms with van der Waals surface area (Å²) in [6, 6.07) is 3.68. The largest absolute Gasteiger partial charge is 0.457 e. The van der Waals surface area contributed by atoms with Crippen LogP contribution >= 0.6 is 27.5 Å². The van der Waals surface area contributed by atoms with Crippen molar-refractivity contribution in [3.63, 3.8) is 0 Å². The minimum Gasteiger partial charge on any atom is -0.457 e. The summed E-state index contributed by atoms with van der Waals surface area (Å²) in [5, 5.41) is 1.91. The first-order chi connectivity index (χ1) is 6.81. The summed E-state index contributed by atoms with van der Waals surface area (Å²) < 4.78 is 10.0. The molecule has 14 heavy (non-hydrogen) atoms. The van der Waals surface area contributed by atoms with Crippen molar-refractivity contribution in [1.29, 1.82) is 0 Å². The van der Waals surface area contributed by atoms with Crippen molar-refractivity contribution in [1.82, 2.24) is 9.80 Å². The number of hydrogen-bond donors (Lipinski definition) is 2. The smallest absolute Gasteiger partial charge is 0.169 e. The maximum atomic E-state index is 5.46. The molecule has 2 heterocycles. The summed E-state index contributed by atoms with van der Waals surface area (Å²) in [4.78, 5) is 0. The molecule has 6 heteroatoms. The molecule has 0 aliphatic rings. The van der Waals surface area contributed by atoms with Crippen molar-refractivity contribution in [3.8, 4) is 0 Å². The fourth-order valence-corrected chi connectivity index (χ4v) is 2.10. The monoisotopic (exact) mass is 273 g/mol. The second kappa shape index (κ2) is 4.22. The van der Waals surface area contributed by atoms with Crippen LogP contribution in [0.5, 0.6) is 0 Å². The van der Waals surface area contributed by atoms with E-state index >= 15 is 0 Å². The van der Waals surface area contributed by atoms with Crippen LogP contribution in [0.3, 0.4) is 0 Å². The van der Waals surface area contributed by atoms with Gasteiger partial charge in [0.25, 0.3) is 0 Å². The third kappa shape index (κ3) is 1.88. The summed E-state index contributed by atoms with van der Waals surface area (Å²) in [5.74, 6) is 5.46. The maximum Gasteiger partial charge on any atom is 0.169 e. The number of nitrogens with one attached hydrogen (secondary N) is 1. The first-order valence-corrected chi connectivity index (χ1v) is 5.54. The van der Waals surface area contributed by atoms with Crippen LogP contribution in [0.2, 0.25) is 0 Å². The topological polar surface area (TPSA) is 64.1 Å². The lowest BCUT2D eigenvalue weighted by molar-refractivity contribution is 0.531. The normalized spacial score (nSPS) is 13.0. The van der Waals surface area contributed by atoms with Gasteiger partial charge < -0.3 is 4.42 Å². The van der Waals surface area contributed by atoms with E-state index in [-0.39, 0.29) is 6.04 Å². The van der Waals surface area contributed by atoms with E-state index < -0.39 is 0 Å². The van der Waals surface area contributed by atoms with Crippen LogP contribution in [0.25, 0.3) is 0 Å². The summed E-state index contributed by atoms with van der Waals surface area (Å²) in [6.07, 6.45) is 1.65. The molecule has 0 amide bonds. The first kappa shape index (κ1) is 9.85. The standard InChI is InChI=1S/C8H8BrN3OS/c9-7-3-5(4-13-7)8(11-10)6-1-2-14-12-6/h1-4,8,11H,10H2. The third-order valence-electron chi connectivity index (χ3n) is 1.84. The van der Waals surface area contributed by atoms with Crippen molar-refractivity contribution in [2.24, 2.45) is 5.84 Å². The molecule has 0 bridgehead atoms. The Balaban J connectivity index is 2.31. The van der Waals surface area contributed by atoms with Gasteiger partial charge in [0.05, 0.1) is 18.0 Å². The van der Waals surface area contributed by atoms with E-state index in [1.54, 1.807) is 6.26 Å². The minimum atomic E-state index is -0.115. The predicted molar refractivity (Wildman–Crippen MR) is 57.7 cm³/mol. The molecule has 0 aliphatic heterocycles. The van der Waals surface area contributed by atoms with Crippen LogP contribution in [0.1, 0.15) is 17.3 Å². The molecule has 0 spiro atoms. The summed E-state index contributed by atoms with van der Waals surface area (Å²) in [7, 11) is 0. The van der Waals surface area contributed by atoms with E-state index in [1.165, 1.54) is 11.5 Å². The van der Waals surface area contributed by atoms with Gasteiger partial charge in [-0.1, -0.05) is 0 Å². The SMILES string of the molecule is NNC(c1coc(Br)c1)c1ccsn1. The molecule has 0 aliphatic carbocycles. The highest BCUT2D eigenvalue weighted by atomic mass is 79.9. The van der Waals surface area contributed by atoms with Crippen molar-refractivity contribution < 1.29 is 4.42 Å². The van der Waals surface area contributed by atoms with Gasteiger partial charge in [-0.05, 0) is 39.6 Å². The molecule has 2 aromatic rings. The van der Waals surface area contributed by atoms with Gasteiger partial charge in [-0.2, -0.15) is 4.37 Å². The van der Waals surface area contributed by atoms with E-state index in [1.807, 2.05) is 17.5 Å². The highest BCUT2D eigenvalue weighted by Crippen LogP contribution is 2.24. The molecule has 74 valence electrons. The van der Waals surface area contributed by atoms with Gasteiger partial charge in [0, 0.05) is 10.9 Å². The number of rotatable bonds is 3. The molecule has 0 aromatic carbocycles. The minimum absolute atomic E-state index is 0.115. The third-order valence-corrected chi connectivity index (χ3v) is 2.83. The Kier molecular flexibility index (Phi) is 2.97. The summed E-state index contributed by atoms with van der Waals surface area (Å²) in [5.41, 5.74) is 4.54. The van der Waals surface area contributed by atoms with Crippen LogP contribution in [-0.2, 0) is 0 Å². The molecule has 2 aromatic heterocycles. The highest BCUT2D eigenvalue weighted by Gasteiger charge is 2.16. The molecule has 0 saturated carbocycles. The average Bonchev–Trinajstić information content (AvgIpc) is 2.79. The second-order valence-corrected chi connectivity index (χ2v) is 4.16. The first-order valence-electron chi connectivity index (χ1n) is 3.91. The van der Waals surface area contributed by atoms with E-state index in [0.717, 1.165) is 11.3 Å². The van der Waals surface area contributed by atoms with Crippen molar-refractivity contribution in [3.05, 3.63) is 39.7 Å². The Morgan fingerprint density at radius 1 is 1.64 bits per heavy atom. The Hall–Kier alpha value is -0.690. The summed E-state index contributed by atoms with van der Waals surface area (Å²) in [6.45, 7) is 0. The van der Waals surface area contributed by atoms with Gasteiger partial charge in [-0.3, -0.25) is 5.84 Å². The number of furan rings is 1. The van der Waals surface area contributed by atoms with Gasteiger partial charge in [0.1, 0.15) is 0 Å². The van der Waals surface area contributed by atoms with Crippen LogP contribution in [0, 0.1) is 0 Å². The number of halogens is 1. The van der Waals surface area contributed by atoms with Crippen molar-refractivity contribution >= 4 is 27.5 Å². The average molecular weight is 274 g/mol. The molecule has 0 fully saturated rings. The lowest BCUT2D eigenvalue weighted by atomic mass is 10.1. The predicted octanol–water partition coefficient (Wildman–Crippen LogP) is 2.05. The Morgan fingerprint density at radius 2 is 2.50 bits per heavy atom. The van der Waals surface area contributed by atoms with Gasteiger partial charge in [0.15, 0.2) is 4.67 Å². The maximum absolute atomic E-state index is 5.46. The molecule has 0 saturated heterocycles. The fourth-order valence-electron chi connectivity index (χ4n) is 1.20. The number of hydrazine groups is 1. The van der Waals surface area contributed by atoms with Crippen LogP contribution in [0.4, 0.5) is 0 Å². The molecule has 4 nitrogen and oxygen atoms in total. The molecule has 2 rings (SSSR count). The fraction of sp³-hybridized carbons (Fsp3) is 0.125. The number of aromatic nitrogens is 1. The number of nitrogens with zero attached hydrogens (tertiary/aromatic N) is 1. The van der Waals surface area contributed by atoms with Gasteiger partial charge in [0.2, 0.25) is 0 Å². The molecular formula is C8H8BrN3OS. The lowest BCUT2D eigenvalue weighted by Gasteiger charge is -2.10. The van der Waals surface area contributed by atoms with E-state index in [4.69, 9.17) is 10.3 Å². The van der Waals surface area contributed by atoms with E-state index in [0.29, 0.717) is 4.67 Å². The second-order valence-electron chi connectivity index (χ2n) is 2.71. The number of hydrogen-bond acceptors (Lipinski definition) is 5. The van der Waals surface area contributed by atoms with Crippen molar-refractivity contribution in [2.45, 2.75) is 6.04 Å². The van der Waals surface area contributed by atoms with Crippen molar-refractivity contribution in [2.75, 3.05) is 0 Å². The molecule has 1 atom stereocenters. The molecule has 3 N–H and O–H groups in total. The molecule has 1 unspecified atom stereocenters. The zero-order chi connectivity index (χ0) is 9.97. The van der Waals surface area contributed by atoms with Gasteiger partial charge >= 0.3 is 0 Å². The van der Waals surface area contributed by atoms with Crippen LogP contribution < -0.4 is 11.3 Å². The zero-order valence-corrected chi connectivity index (χ0v) is 9.51. The van der Waals surface area contributed by atoms with Gasteiger partial charge in [-0.25, -0.2) is 5.43 Å². The number of nitrogens with two attached hydrogens (primary N) is 1. The zero-order valence-electron chi connectivity index (χ0n) is 7.11. The lowest BCUT2D eigenvalue weighted by Crippen LogP contribution is -2.28. The van der Waals surface area contributed by atoms with Crippen LogP contribution in [-0.4, -0.2) is 4.37 Å². The van der Waals surface area contributed by atoms with E-state index in [2.05, 4.69) is 25.7 Å². The van der Waals surface area contributed by atoms with Crippen LogP contribution in [0.15, 0.2) is 32.9 Å². The Bertz CT molecular complexity index is 400. The quantitative estimate of drug-likeness (QED) is 0.664.